The number of hydrogen-bond acceptors (Lipinski definition) is 6. The van der Waals surface area contributed by atoms with Crippen molar-refractivity contribution < 1.29 is 9.47 Å². The Labute approximate surface area is 170 Å². The van der Waals surface area contributed by atoms with Crippen LogP contribution in [0.2, 0.25) is 0 Å². The quantitative estimate of drug-likeness (QED) is 0.474. The first-order chi connectivity index (χ1) is 13.5. The van der Waals surface area contributed by atoms with Gasteiger partial charge in [0.25, 0.3) is 0 Å². The van der Waals surface area contributed by atoms with Gasteiger partial charge in [-0.15, -0.1) is 11.3 Å². The maximum atomic E-state index is 6.08. The molecule has 0 unspecified atom stereocenters. The van der Waals surface area contributed by atoms with E-state index in [9.17, 15) is 0 Å². The molecule has 0 aromatic carbocycles. The van der Waals surface area contributed by atoms with Gasteiger partial charge in [-0.3, -0.25) is 0 Å². The Hall–Kier alpha value is -1.79. The van der Waals surface area contributed by atoms with Crippen molar-refractivity contribution in [2.75, 3.05) is 6.61 Å². The molecule has 0 saturated carbocycles. The Balaban J connectivity index is 1.64. The molecular weight excluding hydrogens is 370 g/mol. The van der Waals surface area contributed by atoms with Crippen molar-refractivity contribution in [2.24, 2.45) is 0 Å². The van der Waals surface area contributed by atoms with Crippen molar-refractivity contribution in [3.8, 4) is 5.88 Å². The van der Waals surface area contributed by atoms with E-state index in [0.717, 1.165) is 44.8 Å². The summed E-state index contributed by atoms with van der Waals surface area (Å²) >= 11 is 1.64. The first kappa shape index (κ1) is 19.5. The highest BCUT2D eigenvalue weighted by atomic mass is 32.1. The molecule has 150 valence electrons. The Morgan fingerprint density at radius 1 is 1.14 bits per heavy atom. The molecule has 0 saturated heterocycles. The van der Waals surface area contributed by atoms with E-state index in [0.29, 0.717) is 19.1 Å². The first-order valence-corrected chi connectivity index (χ1v) is 11.1. The summed E-state index contributed by atoms with van der Waals surface area (Å²) in [4.78, 5) is 15.3. The van der Waals surface area contributed by atoms with E-state index < -0.39 is 0 Å². The summed E-state index contributed by atoms with van der Waals surface area (Å²) in [5.74, 6) is 1.44. The molecule has 28 heavy (non-hydrogen) atoms. The van der Waals surface area contributed by atoms with Crippen LogP contribution in [0.25, 0.3) is 20.4 Å². The molecule has 0 amide bonds. The number of hydrogen-bond donors (Lipinski definition) is 0. The minimum Gasteiger partial charge on any atom is -0.477 e. The molecule has 1 aliphatic heterocycles. The minimum absolute atomic E-state index is 0.160. The van der Waals surface area contributed by atoms with Gasteiger partial charge in [0.1, 0.15) is 15.4 Å². The maximum absolute atomic E-state index is 6.08. The zero-order valence-electron chi connectivity index (χ0n) is 17.3. The highest BCUT2D eigenvalue weighted by molar-refractivity contribution is 7.25. The predicted octanol–water partition coefficient (Wildman–Crippen LogP) is 5.75. The number of ether oxygens (including phenoxy) is 2. The van der Waals surface area contributed by atoms with E-state index in [1.807, 2.05) is 6.92 Å². The van der Waals surface area contributed by atoms with Crippen LogP contribution < -0.4 is 4.74 Å². The SMILES string of the molecule is CCCCCCCOc1nc(C)nc2c1sc1nc3c(cc12)COC(C)(C)C3. The van der Waals surface area contributed by atoms with E-state index in [2.05, 4.69) is 31.8 Å². The van der Waals surface area contributed by atoms with E-state index in [-0.39, 0.29) is 5.60 Å². The third kappa shape index (κ3) is 3.98. The van der Waals surface area contributed by atoms with Gasteiger partial charge in [-0.2, -0.15) is 4.98 Å². The van der Waals surface area contributed by atoms with E-state index in [1.54, 1.807) is 11.3 Å². The molecule has 5 nitrogen and oxygen atoms in total. The summed E-state index contributed by atoms with van der Waals surface area (Å²) < 4.78 is 13.1. The lowest BCUT2D eigenvalue weighted by molar-refractivity contribution is -0.0411. The lowest BCUT2D eigenvalue weighted by Gasteiger charge is -2.30. The molecule has 0 fully saturated rings. The largest absolute Gasteiger partial charge is 0.477 e. The second kappa shape index (κ2) is 7.91. The summed E-state index contributed by atoms with van der Waals surface area (Å²) in [5, 5.41) is 1.08. The fourth-order valence-electron chi connectivity index (χ4n) is 3.71. The smallest absolute Gasteiger partial charge is 0.235 e. The Bertz CT molecular complexity index is 997. The van der Waals surface area contributed by atoms with Crippen molar-refractivity contribution in [3.63, 3.8) is 0 Å². The van der Waals surface area contributed by atoms with Crippen LogP contribution in [0.3, 0.4) is 0 Å². The molecule has 0 atom stereocenters. The fraction of sp³-hybridized carbons (Fsp3) is 0.591. The number of fused-ring (bicyclic) bond motifs is 4. The number of unbranched alkanes of at least 4 members (excludes halogenated alkanes) is 4. The number of nitrogens with zero attached hydrogens (tertiary/aromatic N) is 3. The molecule has 1 aliphatic rings. The van der Waals surface area contributed by atoms with Crippen molar-refractivity contribution in [1.82, 2.24) is 15.0 Å². The minimum atomic E-state index is -0.160. The first-order valence-electron chi connectivity index (χ1n) is 10.3. The monoisotopic (exact) mass is 399 g/mol. The Morgan fingerprint density at radius 2 is 1.96 bits per heavy atom. The van der Waals surface area contributed by atoms with Crippen LogP contribution in [0.4, 0.5) is 0 Å². The average Bonchev–Trinajstić information content (AvgIpc) is 2.99. The average molecular weight is 400 g/mol. The summed E-state index contributed by atoms with van der Waals surface area (Å²) in [6.07, 6.45) is 6.93. The van der Waals surface area contributed by atoms with Crippen LogP contribution >= 0.6 is 11.3 Å². The van der Waals surface area contributed by atoms with Crippen LogP contribution in [0, 0.1) is 6.92 Å². The van der Waals surface area contributed by atoms with Gasteiger partial charge in [-0.25, -0.2) is 9.97 Å². The van der Waals surface area contributed by atoms with Gasteiger partial charge in [0.2, 0.25) is 5.88 Å². The van der Waals surface area contributed by atoms with E-state index in [4.69, 9.17) is 19.4 Å². The van der Waals surface area contributed by atoms with Crippen LogP contribution in [0.1, 0.15) is 70.0 Å². The van der Waals surface area contributed by atoms with Crippen LogP contribution in [0.5, 0.6) is 5.88 Å². The van der Waals surface area contributed by atoms with Gasteiger partial charge in [0.05, 0.1) is 30.0 Å². The van der Waals surface area contributed by atoms with Gasteiger partial charge in [-0.05, 0) is 33.3 Å². The molecule has 0 N–H and O–H groups in total. The lowest BCUT2D eigenvalue weighted by atomic mass is 9.95. The molecule has 4 heterocycles. The highest BCUT2D eigenvalue weighted by Crippen LogP contribution is 2.39. The standard InChI is InChI=1S/C22H29N3O2S/c1-5-6-7-8-9-10-26-20-19-18(23-14(2)24-20)16-11-15-13-27-22(3,4)12-17(15)25-21(16)28-19/h11H,5-10,12-13H2,1-4H3. The highest BCUT2D eigenvalue weighted by Gasteiger charge is 2.28. The van der Waals surface area contributed by atoms with Gasteiger partial charge in [0.15, 0.2) is 0 Å². The summed E-state index contributed by atoms with van der Waals surface area (Å²) in [7, 11) is 0. The topological polar surface area (TPSA) is 57.1 Å². The molecule has 0 aliphatic carbocycles. The third-order valence-electron chi connectivity index (χ3n) is 5.25. The van der Waals surface area contributed by atoms with Crippen molar-refractivity contribution in [1.29, 1.82) is 0 Å². The summed E-state index contributed by atoms with van der Waals surface area (Å²) in [6.45, 7) is 9.71. The Kier molecular flexibility index (Phi) is 5.52. The molecule has 0 spiro atoms. The molecule has 3 aromatic rings. The number of rotatable bonds is 7. The van der Waals surface area contributed by atoms with E-state index >= 15 is 0 Å². The predicted molar refractivity (Wildman–Crippen MR) is 114 cm³/mol. The zero-order chi connectivity index (χ0) is 19.7. The summed E-state index contributed by atoms with van der Waals surface area (Å²) in [5.41, 5.74) is 3.10. The molecule has 0 bridgehead atoms. The molecule has 3 aromatic heterocycles. The van der Waals surface area contributed by atoms with Crippen LogP contribution in [-0.4, -0.2) is 27.2 Å². The molecular formula is C22H29N3O2S. The van der Waals surface area contributed by atoms with Crippen LogP contribution in [-0.2, 0) is 17.8 Å². The second-order valence-electron chi connectivity index (χ2n) is 8.29. The Morgan fingerprint density at radius 3 is 2.79 bits per heavy atom. The lowest BCUT2D eigenvalue weighted by Crippen LogP contribution is -2.32. The van der Waals surface area contributed by atoms with Crippen molar-refractivity contribution >= 4 is 31.8 Å². The zero-order valence-corrected chi connectivity index (χ0v) is 18.1. The van der Waals surface area contributed by atoms with Gasteiger partial charge >= 0.3 is 0 Å². The van der Waals surface area contributed by atoms with Crippen molar-refractivity contribution in [2.45, 2.75) is 78.4 Å². The normalized spacial score (nSPS) is 15.9. The van der Waals surface area contributed by atoms with Gasteiger partial charge in [-0.1, -0.05) is 32.6 Å². The second-order valence-corrected chi connectivity index (χ2v) is 9.29. The summed E-state index contributed by atoms with van der Waals surface area (Å²) in [6, 6.07) is 2.20. The van der Waals surface area contributed by atoms with Gasteiger partial charge in [0, 0.05) is 17.4 Å². The fourth-order valence-corrected chi connectivity index (χ4v) is 4.77. The van der Waals surface area contributed by atoms with E-state index in [1.165, 1.54) is 31.2 Å². The van der Waals surface area contributed by atoms with Crippen LogP contribution in [0.15, 0.2) is 6.07 Å². The molecule has 4 rings (SSSR count). The van der Waals surface area contributed by atoms with Crippen molar-refractivity contribution in [3.05, 3.63) is 23.1 Å². The number of pyridine rings is 1. The van der Waals surface area contributed by atoms with Gasteiger partial charge < -0.3 is 9.47 Å². The third-order valence-corrected chi connectivity index (χ3v) is 6.33. The molecule has 0 radical (unpaired) electrons. The number of thiophene rings is 1. The molecule has 6 heteroatoms. The maximum Gasteiger partial charge on any atom is 0.235 e. The number of aromatic nitrogens is 3. The number of aryl methyl sites for hydroxylation is 1.